The van der Waals surface area contributed by atoms with Gasteiger partial charge in [-0.1, -0.05) is 0 Å². The van der Waals surface area contributed by atoms with Crippen molar-refractivity contribution in [1.82, 2.24) is 5.32 Å². The van der Waals surface area contributed by atoms with E-state index < -0.39 is 6.10 Å². The molecule has 0 aromatic rings. The summed E-state index contributed by atoms with van der Waals surface area (Å²) in [6.07, 6.45) is -0.831. The van der Waals surface area contributed by atoms with Crippen molar-refractivity contribution in [3.8, 4) is 0 Å². The fraction of sp³-hybridized carbons (Fsp3) is 0.857. The second-order valence-electron chi connectivity index (χ2n) is 2.39. The van der Waals surface area contributed by atoms with Crippen LogP contribution in [0.25, 0.3) is 0 Å². The van der Waals surface area contributed by atoms with Crippen LogP contribution in [0.3, 0.4) is 0 Å². The van der Waals surface area contributed by atoms with Gasteiger partial charge in [0.2, 0.25) is 5.91 Å². The van der Waals surface area contributed by atoms with Gasteiger partial charge in [-0.3, -0.25) is 4.79 Å². The average molecular weight is 177 g/mol. The largest absolute Gasteiger partial charge is 0.394 e. The van der Waals surface area contributed by atoms with Crippen LogP contribution in [0, 0.1) is 0 Å². The lowest BCUT2D eigenvalue weighted by atomic mass is 10.4. The summed E-state index contributed by atoms with van der Waals surface area (Å²) < 4.78 is 4.91. The minimum Gasteiger partial charge on any atom is -0.394 e. The molecule has 0 rings (SSSR count). The van der Waals surface area contributed by atoms with Crippen molar-refractivity contribution in [1.29, 1.82) is 0 Å². The summed E-state index contributed by atoms with van der Waals surface area (Å²) in [5.74, 6) is -0.110. The summed E-state index contributed by atoms with van der Waals surface area (Å²) in [7, 11) is 0. The molecule has 0 aliphatic rings. The van der Waals surface area contributed by atoms with Crippen molar-refractivity contribution >= 4 is 5.91 Å². The number of amides is 1. The summed E-state index contributed by atoms with van der Waals surface area (Å²) >= 11 is 0. The van der Waals surface area contributed by atoms with Gasteiger partial charge in [0.05, 0.1) is 19.8 Å². The van der Waals surface area contributed by atoms with Crippen molar-refractivity contribution < 1.29 is 19.7 Å². The fourth-order valence-corrected chi connectivity index (χ4v) is 0.571. The molecule has 0 fully saturated rings. The van der Waals surface area contributed by atoms with Crippen LogP contribution >= 0.6 is 0 Å². The van der Waals surface area contributed by atoms with Crippen LogP contribution in [0.1, 0.15) is 6.92 Å². The topological polar surface area (TPSA) is 78.8 Å². The van der Waals surface area contributed by atoms with Gasteiger partial charge in [-0.25, -0.2) is 0 Å². The molecule has 5 nitrogen and oxygen atoms in total. The van der Waals surface area contributed by atoms with Gasteiger partial charge in [-0.05, 0) is 0 Å². The Morgan fingerprint density at radius 2 is 2.33 bits per heavy atom. The molecule has 0 unspecified atom stereocenters. The SMILES string of the molecule is CC(=O)NCCOC[C@H](O)CO. The van der Waals surface area contributed by atoms with Crippen LogP contribution in [-0.4, -0.2) is 48.6 Å². The first-order valence-electron chi connectivity index (χ1n) is 3.78. The second-order valence-corrected chi connectivity index (χ2v) is 2.39. The van der Waals surface area contributed by atoms with E-state index in [4.69, 9.17) is 14.9 Å². The van der Waals surface area contributed by atoms with Crippen molar-refractivity contribution in [2.75, 3.05) is 26.4 Å². The Kier molecular flexibility index (Phi) is 6.64. The Labute approximate surface area is 71.3 Å². The highest BCUT2D eigenvalue weighted by molar-refractivity contribution is 5.72. The third kappa shape index (κ3) is 7.46. The van der Waals surface area contributed by atoms with Crippen LogP contribution in [0.5, 0.6) is 0 Å². The summed E-state index contributed by atoms with van der Waals surface area (Å²) in [6, 6.07) is 0. The molecule has 0 aromatic carbocycles. The molecule has 0 saturated heterocycles. The van der Waals surface area contributed by atoms with Crippen LogP contribution in [0.15, 0.2) is 0 Å². The summed E-state index contributed by atoms with van der Waals surface area (Å²) in [6.45, 7) is 1.98. The monoisotopic (exact) mass is 177 g/mol. The molecule has 0 saturated carbocycles. The molecule has 3 N–H and O–H groups in total. The zero-order valence-electron chi connectivity index (χ0n) is 7.12. The number of nitrogens with one attached hydrogen (secondary N) is 1. The predicted octanol–water partition coefficient (Wildman–Crippen LogP) is -1.51. The number of aliphatic hydroxyl groups is 2. The summed E-state index contributed by atoms with van der Waals surface area (Å²) in [5, 5.41) is 19.7. The van der Waals surface area contributed by atoms with Crippen molar-refractivity contribution in [2.45, 2.75) is 13.0 Å². The Bertz CT molecular complexity index is 129. The van der Waals surface area contributed by atoms with E-state index in [9.17, 15) is 4.79 Å². The lowest BCUT2D eigenvalue weighted by Gasteiger charge is -2.07. The van der Waals surface area contributed by atoms with E-state index in [1.54, 1.807) is 0 Å². The van der Waals surface area contributed by atoms with Crippen molar-refractivity contribution in [2.24, 2.45) is 0 Å². The van der Waals surface area contributed by atoms with E-state index in [-0.39, 0.29) is 19.1 Å². The van der Waals surface area contributed by atoms with Gasteiger partial charge in [0.1, 0.15) is 6.10 Å². The molecule has 0 aliphatic carbocycles. The third-order valence-corrected chi connectivity index (χ3v) is 1.14. The molecule has 0 aliphatic heterocycles. The van der Waals surface area contributed by atoms with E-state index in [0.717, 1.165) is 0 Å². The maximum atomic E-state index is 10.3. The molecule has 0 aromatic heterocycles. The van der Waals surface area contributed by atoms with E-state index >= 15 is 0 Å². The standard InChI is InChI=1S/C7H15NO4/c1-6(10)8-2-3-12-5-7(11)4-9/h7,9,11H,2-5H2,1H3,(H,8,10)/t7-/m1/s1. The second kappa shape index (κ2) is 7.02. The van der Waals surface area contributed by atoms with Crippen molar-refractivity contribution in [3.63, 3.8) is 0 Å². The van der Waals surface area contributed by atoms with Gasteiger partial charge in [-0.2, -0.15) is 0 Å². The zero-order chi connectivity index (χ0) is 9.40. The minimum absolute atomic E-state index is 0.0933. The summed E-state index contributed by atoms with van der Waals surface area (Å²) in [4.78, 5) is 10.3. The molecule has 72 valence electrons. The number of aliphatic hydroxyl groups excluding tert-OH is 2. The minimum atomic E-state index is -0.831. The molecule has 12 heavy (non-hydrogen) atoms. The third-order valence-electron chi connectivity index (χ3n) is 1.14. The number of hydrogen-bond acceptors (Lipinski definition) is 4. The molecular weight excluding hydrogens is 162 g/mol. The van der Waals surface area contributed by atoms with Crippen LogP contribution < -0.4 is 5.32 Å². The average Bonchev–Trinajstić information content (AvgIpc) is 2.03. The lowest BCUT2D eigenvalue weighted by molar-refractivity contribution is -0.119. The highest BCUT2D eigenvalue weighted by atomic mass is 16.5. The Balaban J connectivity index is 3.05. The summed E-state index contributed by atoms with van der Waals surface area (Å²) in [5.41, 5.74) is 0. The lowest BCUT2D eigenvalue weighted by Crippen LogP contribution is -2.27. The van der Waals surface area contributed by atoms with Gasteiger partial charge in [0.15, 0.2) is 0 Å². The van der Waals surface area contributed by atoms with Crippen LogP contribution in [0.4, 0.5) is 0 Å². The van der Waals surface area contributed by atoms with Gasteiger partial charge in [0.25, 0.3) is 0 Å². The number of rotatable bonds is 6. The smallest absolute Gasteiger partial charge is 0.216 e. The van der Waals surface area contributed by atoms with E-state index in [1.807, 2.05) is 0 Å². The molecule has 0 spiro atoms. The molecule has 1 amide bonds. The number of carbonyl (C=O) groups is 1. The number of ether oxygens (including phenoxy) is 1. The predicted molar refractivity (Wildman–Crippen MR) is 42.6 cm³/mol. The van der Waals surface area contributed by atoms with Gasteiger partial charge < -0.3 is 20.3 Å². The molecule has 0 radical (unpaired) electrons. The Morgan fingerprint density at radius 3 is 2.83 bits per heavy atom. The first kappa shape index (κ1) is 11.4. The van der Waals surface area contributed by atoms with Crippen LogP contribution in [-0.2, 0) is 9.53 Å². The Hall–Kier alpha value is -0.650. The highest BCUT2D eigenvalue weighted by Crippen LogP contribution is 1.82. The van der Waals surface area contributed by atoms with Crippen molar-refractivity contribution in [3.05, 3.63) is 0 Å². The maximum absolute atomic E-state index is 10.3. The van der Waals surface area contributed by atoms with E-state index in [0.29, 0.717) is 13.2 Å². The van der Waals surface area contributed by atoms with E-state index in [2.05, 4.69) is 5.32 Å². The molecule has 5 heteroatoms. The molecule has 1 atom stereocenters. The fourth-order valence-electron chi connectivity index (χ4n) is 0.571. The highest BCUT2D eigenvalue weighted by Gasteiger charge is 2.00. The quantitative estimate of drug-likeness (QED) is 0.431. The zero-order valence-corrected chi connectivity index (χ0v) is 7.12. The molecular formula is C7H15NO4. The molecule has 0 bridgehead atoms. The number of carbonyl (C=O) groups excluding carboxylic acids is 1. The molecule has 0 heterocycles. The van der Waals surface area contributed by atoms with Gasteiger partial charge >= 0.3 is 0 Å². The normalized spacial score (nSPS) is 12.6. The van der Waals surface area contributed by atoms with E-state index in [1.165, 1.54) is 6.92 Å². The van der Waals surface area contributed by atoms with Gasteiger partial charge in [0, 0.05) is 13.5 Å². The van der Waals surface area contributed by atoms with Gasteiger partial charge in [-0.15, -0.1) is 0 Å². The van der Waals surface area contributed by atoms with Crippen LogP contribution in [0.2, 0.25) is 0 Å². The first-order valence-corrected chi connectivity index (χ1v) is 3.78. The number of hydrogen-bond donors (Lipinski definition) is 3. The first-order chi connectivity index (χ1) is 5.66. The maximum Gasteiger partial charge on any atom is 0.216 e. The Morgan fingerprint density at radius 1 is 1.67 bits per heavy atom.